The average Bonchev–Trinajstić information content (AvgIpc) is 3.18. The Labute approximate surface area is 137 Å². The van der Waals surface area contributed by atoms with Crippen molar-refractivity contribution in [3.63, 3.8) is 0 Å². The lowest BCUT2D eigenvalue weighted by atomic mass is 10.1. The molecule has 0 fully saturated rings. The van der Waals surface area contributed by atoms with E-state index in [1.54, 1.807) is 11.3 Å². The minimum Gasteiger partial charge on any atom is -0.368 e. The highest BCUT2D eigenvalue weighted by Crippen LogP contribution is 2.31. The van der Waals surface area contributed by atoms with Crippen LogP contribution in [0.2, 0.25) is 0 Å². The number of fused-ring (bicyclic) bond motifs is 1. The number of nitrogens with zero attached hydrogens (tertiary/aromatic N) is 3. The molecule has 3 aromatic heterocycles. The van der Waals surface area contributed by atoms with Crippen LogP contribution in [-0.2, 0) is 19.5 Å². The Morgan fingerprint density at radius 1 is 1.27 bits per heavy atom. The van der Waals surface area contributed by atoms with Crippen molar-refractivity contribution in [2.45, 2.75) is 19.5 Å². The first-order valence-corrected chi connectivity index (χ1v) is 8.98. The molecule has 3 aromatic rings. The zero-order valence-electron chi connectivity index (χ0n) is 12.0. The molecule has 4 rings (SSSR count). The van der Waals surface area contributed by atoms with Crippen LogP contribution in [0.5, 0.6) is 0 Å². The van der Waals surface area contributed by atoms with E-state index in [0.717, 1.165) is 31.7 Å². The Morgan fingerprint density at radius 2 is 2.23 bits per heavy atom. The molecular weight excluding hydrogens is 312 g/mol. The normalized spacial score (nSPS) is 14.9. The molecule has 0 atom stereocenters. The lowest BCUT2D eigenvalue weighted by Crippen LogP contribution is -2.30. The van der Waals surface area contributed by atoms with Gasteiger partial charge in [-0.25, -0.2) is 9.97 Å². The number of hydrogen-bond acceptors (Lipinski definition) is 6. The third-order valence-electron chi connectivity index (χ3n) is 3.88. The van der Waals surface area contributed by atoms with Gasteiger partial charge in [0, 0.05) is 53.1 Å². The molecule has 1 aliphatic rings. The van der Waals surface area contributed by atoms with Crippen molar-refractivity contribution < 1.29 is 0 Å². The van der Waals surface area contributed by atoms with E-state index in [9.17, 15) is 0 Å². The zero-order valence-corrected chi connectivity index (χ0v) is 13.7. The molecule has 112 valence electrons. The van der Waals surface area contributed by atoms with Gasteiger partial charge in [-0.05, 0) is 29.0 Å². The molecule has 6 heteroatoms. The van der Waals surface area contributed by atoms with Crippen LogP contribution in [0.1, 0.15) is 16.1 Å². The van der Waals surface area contributed by atoms with Gasteiger partial charge in [-0.2, -0.15) is 11.3 Å². The van der Waals surface area contributed by atoms with Crippen LogP contribution in [0, 0.1) is 0 Å². The largest absolute Gasteiger partial charge is 0.368 e. The summed E-state index contributed by atoms with van der Waals surface area (Å²) in [7, 11) is 0. The Kier molecular flexibility index (Phi) is 3.65. The van der Waals surface area contributed by atoms with Gasteiger partial charge in [-0.15, -0.1) is 11.3 Å². The van der Waals surface area contributed by atoms with Gasteiger partial charge in [0.1, 0.15) is 0 Å². The number of aromatic nitrogens is 2. The zero-order chi connectivity index (χ0) is 14.9. The quantitative estimate of drug-likeness (QED) is 0.800. The van der Waals surface area contributed by atoms with E-state index in [0.29, 0.717) is 5.95 Å². The molecular formula is C16H16N4S2. The molecule has 0 aromatic carbocycles. The molecule has 0 saturated carbocycles. The first-order chi connectivity index (χ1) is 10.8. The van der Waals surface area contributed by atoms with Crippen molar-refractivity contribution in [1.29, 1.82) is 0 Å². The van der Waals surface area contributed by atoms with Crippen LogP contribution < -0.4 is 5.73 Å². The summed E-state index contributed by atoms with van der Waals surface area (Å²) in [5, 5.41) is 4.33. The summed E-state index contributed by atoms with van der Waals surface area (Å²) in [4.78, 5) is 13.7. The standard InChI is InChI=1S/C16H16N4S2/c17-16-18-7-12-8-20(5-3-14(12)19-16)9-13-1-2-15(22-13)11-4-6-21-10-11/h1-2,4,6-7,10H,3,5,8-9H2,(H2,17,18,19). The molecule has 22 heavy (non-hydrogen) atoms. The molecule has 4 nitrogen and oxygen atoms in total. The van der Waals surface area contributed by atoms with Gasteiger partial charge in [-0.1, -0.05) is 0 Å². The molecule has 0 saturated heterocycles. The van der Waals surface area contributed by atoms with Gasteiger partial charge >= 0.3 is 0 Å². The smallest absolute Gasteiger partial charge is 0.220 e. The third kappa shape index (κ3) is 2.77. The average molecular weight is 328 g/mol. The summed E-state index contributed by atoms with van der Waals surface area (Å²) in [6, 6.07) is 6.65. The number of thiophene rings is 2. The molecule has 0 aliphatic carbocycles. The molecule has 0 bridgehead atoms. The van der Waals surface area contributed by atoms with Crippen molar-refractivity contribution in [2.75, 3.05) is 12.3 Å². The van der Waals surface area contributed by atoms with Gasteiger partial charge in [0.05, 0.1) is 5.69 Å². The molecule has 0 amide bonds. The van der Waals surface area contributed by atoms with E-state index in [1.807, 2.05) is 17.5 Å². The summed E-state index contributed by atoms with van der Waals surface area (Å²) in [5.74, 6) is 0.380. The van der Waals surface area contributed by atoms with Crippen molar-refractivity contribution in [2.24, 2.45) is 0 Å². The van der Waals surface area contributed by atoms with E-state index < -0.39 is 0 Å². The second kappa shape index (κ2) is 5.79. The number of nitrogen functional groups attached to an aromatic ring is 1. The number of anilines is 1. The highest BCUT2D eigenvalue weighted by atomic mass is 32.1. The second-order valence-corrected chi connectivity index (χ2v) is 7.39. The molecule has 0 radical (unpaired) electrons. The van der Waals surface area contributed by atoms with Gasteiger partial charge in [0.15, 0.2) is 0 Å². The van der Waals surface area contributed by atoms with Crippen molar-refractivity contribution >= 4 is 28.6 Å². The fraction of sp³-hybridized carbons (Fsp3) is 0.250. The van der Waals surface area contributed by atoms with Crippen LogP contribution in [-0.4, -0.2) is 21.4 Å². The summed E-state index contributed by atoms with van der Waals surface area (Å²) in [6.07, 6.45) is 2.82. The fourth-order valence-corrected chi connectivity index (χ4v) is 4.55. The summed E-state index contributed by atoms with van der Waals surface area (Å²) < 4.78 is 0. The highest BCUT2D eigenvalue weighted by molar-refractivity contribution is 7.16. The fourth-order valence-electron chi connectivity index (χ4n) is 2.77. The van der Waals surface area contributed by atoms with Crippen LogP contribution in [0.3, 0.4) is 0 Å². The monoisotopic (exact) mass is 328 g/mol. The van der Waals surface area contributed by atoms with Crippen LogP contribution >= 0.6 is 22.7 Å². The van der Waals surface area contributed by atoms with E-state index in [1.165, 1.54) is 20.9 Å². The Morgan fingerprint density at radius 3 is 3.09 bits per heavy atom. The Hall–Kier alpha value is -1.76. The van der Waals surface area contributed by atoms with E-state index in [4.69, 9.17) is 5.73 Å². The predicted octanol–water partition coefficient (Wildman–Crippen LogP) is 3.41. The van der Waals surface area contributed by atoms with E-state index in [-0.39, 0.29) is 0 Å². The Bertz CT molecular complexity index is 779. The first-order valence-electron chi connectivity index (χ1n) is 7.22. The van der Waals surface area contributed by atoms with Gasteiger partial charge < -0.3 is 5.73 Å². The predicted molar refractivity (Wildman–Crippen MR) is 91.9 cm³/mol. The van der Waals surface area contributed by atoms with Crippen LogP contribution in [0.4, 0.5) is 5.95 Å². The van der Waals surface area contributed by atoms with E-state index >= 15 is 0 Å². The number of rotatable bonds is 3. The second-order valence-electron chi connectivity index (χ2n) is 5.44. The molecule has 2 N–H and O–H groups in total. The number of nitrogens with two attached hydrogens (primary N) is 1. The van der Waals surface area contributed by atoms with E-state index in [2.05, 4.69) is 43.8 Å². The van der Waals surface area contributed by atoms with Crippen LogP contribution in [0.25, 0.3) is 10.4 Å². The van der Waals surface area contributed by atoms with Crippen molar-refractivity contribution in [1.82, 2.24) is 14.9 Å². The highest BCUT2D eigenvalue weighted by Gasteiger charge is 2.18. The lowest BCUT2D eigenvalue weighted by molar-refractivity contribution is 0.245. The SMILES string of the molecule is Nc1ncc2c(n1)CCN(Cc1ccc(-c3ccsc3)s1)C2. The Balaban J connectivity index is 1.47. The topological polar surface area (TPSA) is 55.0 Å². The van der Waals surface area contributed by atoms with Gasteiger partial charge in [0.2, 0.25) is 5.95 Å². The molecule has 0 spiro atoms. The first kappa shape index (κ1) is 13.9. The number of hydrogen-bond donors (Lipinski definition) is 1. The maximum Gasteiger partial charge on any atom is 0.220 e. The van der Waals surface area contributed by atoms with Gasteiger partial charge in [0.25, 0.3) is 0 Å². The molecule has 0 unspecified atom stereocenters. The minimum atomic E-state index is 0.380. The summed E-state index contributed by atoms with van der Waals surface area (Å²) >= 11 is 3.63. The molecule has 4 heterocycles. The van der Waals surface area contributed by atoms with Crippen molar-refractivity contribution in [3.05, 3.63) is 51.3 Å². The maximum atomic E-state index is 5.66. The van der Waals surface area contributed by atoms with Crippen LogP contribution in [0.15, 0.2) is 35.2 Å². The maximum absolute atomic E-state index is 5.66. The molecule has 1 aliphatic heterocycles. The summed E-state index contributed by atoms with van der Waals surface area (Å²) in [6.45, 7) is 2.91. The van der Waals surface area contributed by atoms with Gasteiger partial charge in [-0.3, -0.25) is 4.90 Å². The lowest BCUT2D eigenvalue weighted by Gasteiger charge is -2.27. The van der Waals surface area contributed by atoms with Crippen molar-refractivity contribution in [3.8, 4) is 10.4 Å². The minimum absolute atomic E-state index is 0.380. The third-order valence-corrected chi connectivity index (χ3v) is 5.68. The summed E-state index contributed by atoms with van der Waals surface area (Å²) in [5.41, 5.74) is 9.29.